The molecule has 10 nitrogen and oxygen atoms in total. The number of carbonyl (C=O) groups excluding carboxylic acids is 4. The molecule has 1 heterocycles. The van der Waals surface area contributed by atoms with Crippen molar-refractivity contribution in [1.29, 1.82) is 0 Å². The summed E-state index contributed by atoms with van der Waals surface area (Å²) in [7, 11) is 0. The molecular formula is C33H43N3O7. The number of benzene rings is 2. The van der Waals surface area contributed by atoms with Gasteiger partial charge in [-0.1, -0.05) is 72.8 Å². The van der Waals surface area contributed by atoms with Crippen molar-refractivity contribution in [1.82, 2.24) is 16.0 Å². The maximum atomic E-state index is 13.3. The zero-order valence-electron chi connectivity index (χ0n) is 24.5. The van der Waals surface area contributed by atoms with E-state index in [0.29, 0.717) is 45.1 Å². The van der Waals surface area contributed by atoms with Gasteiger partial charge < -0.3 is 30.5 Å². The third-order valence-electron chi connectivity index (χ3n) is 7.07. The van der Waals surface area contributed by atoms with Gasteiger partial charge in [-0.25, -0.2) is 4.79 Å². The molecule has 232 valence electrons. The summed E-state index contributed by atoms with van der Waals surface area (Å²) in [6.07, 6.45) is 6.46. The average molecular weight is 594 g/mol. The van der Waals surface area contributed by atoms with Crippen LogP contribution < -0.4 is 16.0 Å². The minimum Gasteiger partial charge on any atom is -0.463 e. The molecule has 0 radical (unpaired) electrons. The van der Waals surface area contributed by atoms with E-state index in [4.69, 9.17) is 9.47 Å². The maximum Gasteiger partial charge on any atom is 0.407 e. The number of hydrogen-bond acceptors (Lipinski definition) is 7. The molecule has 1 aliphatic rings. The summed E-state index contributed by atoms with van der Waals surface area (Å²) >= 11 is 0. The predicted octanol–water partition coefficient (Wildman–Crippen LogP) is 3.58. The molecule has 0 bridgehead atoms. The smallest absolute Gasteiger partial charge is 0.407 e. The third-order valence-corrected chi connectivity index (χ3v) is 7.07. The van der Waals surface area contributed by atoms with E-state index in [9.17, 15) is 24.3 Å². The van der Waals surface area contributed by atoms with Crippen molar-refractivity contribution in [2.24, 2.45) is 5.92 Å². The lowest BCUT2D eigenvalue weighted by atomic mass is 9.97. The summed E-state index contributed by atoms with van der Waals surface area (Å²) in [4.78, 5) is 50.3. The van der Waals surface area contributed by atoms with Crippen molar-refractivity contribution in [3.8, 4) is 0 Å². The van der Waals surface area contributed by atoms with Crippen LogP contribution in [0.2, 0.25) is 0 Å². The molecule has 10 heteroatoms. The summed E-state index contributed by atoms with van der Waals surface area (Å²) < 4.78 is 10.6. The van der Waals surface area contributed by atoms with Crippen molar-refractivity contribution >= 4 is 23.9 Å². The summed E-state index contributed by atoms with van der Waals surface area (Å²) in [6.45, 7) is 0.402. The molecule has 0 fully saturated rings. The predicted molar refractivity (Wildman–Crippen MR) is 162 cm³/mol. The van der Waals surface area contributed by atoms with Crippen molar-refractivity contribution in [2.45, 2.75) is 70.1 Å². The fraction of sp³-hybridized carbons (Fsp3) is 0.455. The van der Waals surface area contributed by atoms with Crippen LogP contribution >= 0.6 is 0 Å². The molecule has 3 amide bonds. The van der Waals surface area contributed by atoms with Gasteiger partial charge in [-0.15, -0.1) is 0 Å². The van der Waals surface area contributed by atoms with Crippen LogP contribution in [0.3, 0.4) is 0 Å². The summed E-state index contributed by atoms with van der Waals surface area (Å²) in [6, 6.07) is 18.1. The Morgan fingerprint density at radius 3 is 2.44 bits per heavy atom. The van der Waals surface area contributed by atoms with Gasteiger partial charge in [0.15, 0.2) is 0 Å². The highest BCUT2D eigenvalue weighted by Gasteiger charge is 2.25. The number of aliphatic hydroxyl groups excluding tert-OH is 1. The second-order valence-electron chi connectivity index (χ2n) is 10.7. The number of aliphatic hydroxyl groups is 1. The number of amides is 3. The second kappa shape index (κ2) is 19.1. The highest BCUT2D eigenvalue weighted by Crippen LogP contribution is 2.15. The minimum absolute atomic E-state index is 0.0312. The molecular weight excluding hydrogens is 550 g/mol. The van der Waals surface area contributed by atoms with Crippen molar-refractivity contribution < 1.29 is 33.8 Å². The Labute approximate surface area is 253 Å². The molecule has 0 saturated heterocycles. The quantitative estimate of drug-likeness (QED) is 0.158. The first-order valence-corrected chi connectivity index (χ1v) is 14.9. The van der Waals surface area contributed by atoms with Gasteiger partial charge in [-0.05, 0) is 49.7 Å². The van der Waals surface area contributed by atoms with Gasteiger partial charge in [0.1, 0.15) is 13.2 Å². The van der Waals surface area contributed by atoms with Gasteiger partial charge in [-0.2, -0.15) is 0 Å². The Bertz CT molecular complexity index is 1170. The van der Waals surface area contributed by atoms with Crippen molar-refractivity contribution in [3.63, 3.8) is 0 Å². The number of hydrogen-bond donors (Lipinski definition) is 4. The molecule has 3 rings (SSSR count). The van der Waals surface area contributed by atoms with Gasteiger partial charge in [0, 0.05) is 19.4 Å². The van der Waals surface area contributed by atoms with E-state index < -0.39 is 24.1 Å². The van der Waals surface area contributed by atoms with Gasteiger partial charge in [-0.3, -0.25) is 14.4 Å². The highest BCUT2D eigenvalue weighted by atomic mass is 16.5. The fourth-order valence-corrected chi connectivity index (χ4v) is 4.70. The van der Waals surface area contributed by atoms with Gasteiger partial charge >= 0.3 is 12.1 Å². The first-order valence-electron chi connectivity index (χ1n) is 14.9. The van der Waals surface area contributed by atoms with E-state index in [1.807, 2.05) is 72.8 Å². The Hall–Kier alpha value is -4.18. The fourth-order valence-electron chi connectivity index (χ4n) is 4.70. The van der Waals surface area contributed by atoms with Gasteiger partial charge in [0.25, 0.3) is 0 Å². The van der Waals surface area contributed by atoms with Crippen LogP contribution in [0.5, 0.6) is 0 Å². The number of carbonyl (C=O) groups is 4. The Balaban J connectivity index is 1.48. The van der Waals surface area contributed by atoms with Crippen LogP contribution in [0.15, 0.2) is 72.8 Å². The number of ether oxygens (including phenoxy) is 2. The number of cyclic esters (lactones) is 1. The molecule has 0 aromatic heterocycles. The molecule has 0 saturated carbocycles. The van der Waals surface area contributed by atoms with Crippen LogP contribution in [0, 0.1) is 5.92 Å². The zero-order chi connectivity index (χ0) is 30.7. The first-order chi connectivity index (χ1) is 20.9. The molecule has 0 unspecified atom stereocenters. The number of unbranched alkanes of at least 4 members (excludes halogenated alkanes) is 1. The normalized spacial score (nSPS) is 18.3. The zero-order valence-corrected chi connectivity index (χ0v) is 24.5. The summed E-state index contributed by atoms with van der Waals surface area (Å²) in [5.74, 6) is -1.57. The molecule has 4 N–H and O–H groups in total. The van der Waals surface area contributed by atoms with E-state index >= 15 is 0 Å². The summed E-state index contributed by atoms with van der Waals surface area (Å²) in [5, 5.41) is 18.3. The number of nitrogens with one attached hydrogen (secondary N) is 3. The molecule has 2 aromatic carbocycles. The molecule has 0 spiro atoms. The lowest BCUT2D eigenvalue weighted by Crippen LogP contribution is -2.45. The maximum absolute atomic E-state index is 13.3. The standard InChI is InChI=1S/C33H43N3O7/c37-22-29(20-25-12-4-1-5-13-25)35-30(38)21-27-16-8-3-9-18-31(39)42-24-28(36-32(27)40)17-10-11-19-34-33(41)43-23-26-14-6-2-7-15-26/h1-8,12-15,27-29,37H,9-11,16-24H2,(H,34,41)(H,35,38)(H,36,40)/t27-,28+,29+/m1/s1. The van der Waals surface area contributed by atoms with Crippen LogP contribution in [-0.2, 0) is 36.9 Å². The second-order valence-corrected chi connectivity index (χ2v) is 10.7. The first kappa shape index (κ1) is 33.3. The lowest BCUT2D eigenvalue weighted by molar-refractivity contribution is -0.145. The third kappa shape index (κ3) is 13.6. The molecule has 43 heavy (non-hydrogen) atoms. The molecule has 3 atom stereocenters. The number of allylic oxidation sites excluding steroid dienone is 2. The van der Waals surface area contributed by atoms with E-state index in [0.717, 1.165) is 11.1 Å². The van der Waals surface area contributed by atoms with Crippen molar-refractivity contribution in [3.05, 3.63) is 83.9 Å². The SMILES string of the molecule is O=C(C[C@H]1CC=CCCC(=O)OC[C@H](CCCCNC(=O)OCc2ccccc2)NC1=O)N[C@H](CO)Cc1ccccc1. The Kier molecular flexibility index (Phi) is 14.8. The largest absolute Gasteiger partial charge is 0.463 e. The Morgan fingerprint density at radius 1 is 1.00 bits per heavy atom. The van der Waals surface area contributed by atoms with E-state index in [1.54, 1.807) is 0 Å². The van der Waals surface area contributed by atoms with Gasteiger partial charge in [0.2, 0.25) is 11.8 Å². The van der Waals surface area contributed by atoms with Gasteiger partial charge in [0.05, 0.1) is 24.6 Å². The lowest BCUT2D eigenvalue weighted by Gasteiger charge is -2.23. The van der Waals surface area contributed by atoms with Crippen LogP contribution in [0.1, 0.15) is 56.1 Å². The number of esters is 1. The van der Waals surface area contributed by atoms with Crippen molar-refractivity contribution in [2.75, 3.05) is 19.8 Å². The van der Waals surface area contributed by atoms with Crippen LogP contribution in [-0.4, -0.2) is 60.8 Å². The molecule has 0 aliphatic carbocycles. The minimum atomic E-state index is -0.619. The highest BCUT2D eigenvalue weighted by molar-refractivity contribution is 5.86. The number of alkyl carbamates (subject to hydrolysis) is 1. The van der Waals surface area contributed by atoms with Crippen LogP contribution in [0.4, 0.5) is 4.79 Å². The van der Waals surface area contributed by atoms with Crippen LogP contribution in [0.25, 0.3) is 0 Å². The monoisotopic (exact) mass is 593 g/mol. The molecule has 2 aromatic rings. The average Bonchev–Trinajstić information content (AvgIpc) is 3.01. The van der Waals surface area contributed by atoms with E-state index in [-0.39, 0.29) is 50.4 Å². The topological polar surface area (TPSA) is 143 Å². The number of rotatable bonds is 13. The van der Waals surface area contributed by atoms with E-state index in [2.05, 4.69) is 16.0 Å². The molecule has 1 aliphatic heterocycles. The Morgan fingerprint density at radius 2 is 1.72 bits per heavy atom. The summed E-state index contributed by atoms with van der Waals surface area (Å²) in [5.41, 5.74) is 1.89. The van der Waals surface area contributed by atoms with E-state index in [1.165, 1.54) is 0 Å².